The van der Waals surface area contributed by atoms with E-state index in [1.54, 1.807) is 12.1 Å². The number of hydrogen-bond donors (Lipinski definition) is 1. The van der Waals surface area contributed by atoms with Gasteiger partial charge < -0.3 is 9.73 Å². The summed E-state index contributed by atoms with van der Waals surface area (Å²) in [5, 5.41) is 4.39. The topological polar surface area (TPSA) is 62.6 Å². The number of likely N-dealkylation sites (tertiary alicyclic amines) is 1. The van der Waals surface area contributed by atoms with Gasteiger partial charge >= 0.3 is 0 Å². The molecule has 1 N–H and O–H groups in total. The lowest BCUT2D eigenvalue weighted by atomic mass is 10.0. The molecular formula is C23H22Cl2N2O3. The number of amides is 1. The van der Waals surface area contributed by atoms with E-state index in [0.29, 0.717) is 27.6 Å². The minimum atomic E-state index is -0.432. The minimum Gasteiger partial charge on any atom is -0.451 e. The number of halogens is 2. The fourth-order valence-corrected chi connectivity index (χ4v) is 4.36. The Hall–Kier alpha value is -2.34. The summed E-state index contributed by atoms with van der Waals surface area (Å²) < 4.78 is 5.66. The second-order valence-electron chi connectivity index (χ2n) is 7.46. The summed E-state index contributed by atoms with van der Waals surface area (Å²) in [4.78, 5) is 27.5. The van der Waals surface area contributed by atoms with Gasteiger partial charge in [-0.3, -0.25) is 14.5 Å². The molecule has 0 saturated carbocycles. The minimum absolute atomic E-state index is 0.0219. The van der Waals surface area contributed by atoms with Crippen molar-refractivity contribution in [2.24, 2.45) is 0 Å². The summed E-state index contributed by atoms with van der Waals surface area (Å²) in [6, 6.07) is 13.6. The normalized spacial score (nSPS) is 15.8. The second kappa shape index (κ2) is 9.21. The first-order valence-corrected chi connectivity index (χ1v) is 10.8. The van der Waals surface area contributed by atoms with Crippen LogP contribution in [0.2, 0.25) is 10.0 Å². The van der Waals surface area contributed by atoms with E-state index in [-0.39, 0.29) is 17.2 Å². The summed E-state index contributed by atoms with van der Waals surface area (Å²) in [5.41, 5.74) is 1.01. The molecule has 1 fully saturated rings. The van der Waals surface area contributed by atoms with Crippen molar-refractivity contribution in [1.82, 2.24) is 10.2 Å². The van der Waals surface area contributed by atoms with Crippen LogP contribution in [0.4, 0.5) is 0 Å². The fourth-order valence-electron chi connectivity index (χ4n) is 3.93. The molecule has 1 aliphatic rings. The SMILES string of the molecule is O=C(NCC(c1ccccc1Cl)N1CCCCC1)c1cc(=O)c2cc(Cl)ccc2o1. The third-order valence-corrected chi connectivity index (χ3v) is 6.04. The lowest BCUT2D eigenvalue weighted by Crippen LogP contribution is -2.40. The van der Waals surface area contributed by atoms with Crippen LogP contribution in [0.15, 0.2) is 57.7 Å². The van der Waals surface area contributed by atoms with Crippen LogP contribution in [-0.4, -0.2) is 30.4 Å². The van der Waals surface area contributed by atoms with Crippen molar-refractivity contribution < 1.29 is 9.21 Å². The Morgan fingerprint density at radius 2 is 1.83 bits per heavy atom. The van der Waals surface area contributed by atoms with Gasteiger partial charge in [-0.2, -0.15) is 0 Å². The van der Waals surface area contributed by atoms with Gasteiger partial charge in [-0.25, -0.2) is 0 Å². The number of fused-ring (bicyclic) bond motifs is 1. The van der Waals surface area contributed by atoms with Gasteiger partial charge in [0.25, 0.3) is 5.91 Å². The summed E-state index contributed by atoms with van der Waals surface area (Å²) in [7, 11) is 0. The second-order valence-corrected chi connectivity index (χ2v) is 8.30. The Kier molecular flexibility index (Phi) is 6.42. The number of rotatable bonds is 5. The van der Waals surface area contributed by atoms with Crippen LogP contribution in [0.1, 0.15) is 41.4 Å². The van der Waals surface area contributed by atoms with E-state index in [1.807, 2.05) is 24.3 Å². The maximum absolute atomic E-state index is 12.8. The standard InChI is InChI=1S/C23H22Cl2N2O3/c24-15-8-9-21-17(12-15)20(28)13-22(30-21)23(29)26-14-19(27-10-4-1-5-11-27)16-6-2-3-7-18(16)25/h2-3,6-9,12-13,19H,1,4-5,10-11,14H2,(H,26,29). The van der Waals surface area contributed by atoms with E-state index < -0.39 is 5.91 Å². The molecule has 1 aliphatic heterocycles. The van der Waals surface area contributed by atoms with Crippen molar-refractivity contribution in [3.8, 4) is 0 Å². The Labute approximate surface area is 184 Å². The quantitative estimate of drug-likeness (QED) is 0.597. The Morgan fingerprint density at radius 3 is 2.60 bits per heavy atom. The summed E-state index contributed by atoms with van der Waals surface area (Å²) >= 11 is 12.4. The lowest BCUT2D eigenvalue weighted by molar-refractivity contribution is 0.0897. The van der Waals surface area contributed by atoms with E-state index in [2.05, 4.69) is 10.2 Å². The number of carbonyl (C=O) groups excluding carboxylic acids is 1. The average Bonchev–Trinajstić information content (AvgIpc) is 2.76. The molecule has 7 heteroatoms. The van der Waals surface area contributed by atoms with Crippen LogP contribution in [0.25, 0.3) is 11.0 Å². The first kappa shape index (κ1) is 20.9. The third-order valence-electron chi connectivity index (χ3n) is 5.46. The average molecular weight is 445 g/mol. The first-order valence-electron chi connectivity index (χ1n) is 10.0. The molecule has 156 valence electrons. The van der Waals surface area contributed by atoms with E-state index >= 15 is 0 Å². The van der Waals surface area contributed by atoms with Crippen molar-refractivity contribution in [3.63, 3.8) is 0 Å². The van der Waals surface area contributed by atoms with E-state index in [9.17, 15) is 9.59 Å². The maximum Gasteiger partial charge on any atom is 0.287 e. The molecule has 1 saturated heterocycles. The number of carbonyl (C=O) groups is 1. The van der Waals surface area contributed by atoms with Gasteiger partial charge in [0.05, 0.1) is 11.4 Å². The van der Waals surface area contributed by atoms with Crippen LogP contribution < -0.4 is 10.7 Å². The van der Waals surface area contributed by atoms with Crippen LogP contribution in [0.5, 0.6) is 0 Å². The molecule has 1 unspecified atom stereocenters. The van der Waals surface area contributed by atoms with Crippen LogP contribution >= 0.6 is 23.2 Å². The van der Waals surface area contributed by atoms with Crippen molar-refractivity contribution in [2.45, 2.75) is 25.3 Å². The molecule has 3 aromatic rings. The zero-order chi connectivity index (χ0) is 21.1. The van der Waals surface area contributed by atoms with Crippen molar-refractivity contribution in [3.05, 3.63) is 80.1 Å². The predicted octanol–water partition coefficient (Wildman–Crippen LogP) is 5.06. The van der Waals surface area contributed by atoms with E-state index in [0.717, 1.165) is 31.5 Å². The Bertz CT molecular complexity index is 1120. The van der Waals surface area contributed by atoms with Crippen molar-refractivity contribution >= 4 is 40.1 Å². The van der Waals surface area contributed by atoms with Gasteiger partial charge in [0.1, 0.15) is 5.58 Å². The number of benzene rings is 2. The van der Waals surface area contributed by atoms with Gasteiger partial charge in [0.2, 0.25) is 0 Å². The number of hydrogen-bond acceptors (Lipinski definition) is 4. The lowest BCUT2D eigenvalue weighted by Gasteiger charge is -2.35. The molecule has 2 aromatic carbocycles. The molecule has 1 atom stereocenters. The third kappa shape index (κ3) is 4.53. The number of piperidine rings is 1. The molecule has 0 aliphatic carbocycles. The molecule has 4 rings (SSSR count). The smallest absolute Gasteiger partial charge is 0.287 e. The summed E-state index contributed by atoms with van der Waals surface area (Å²) in [6.45, 7) is 2.28. The fraction of sp³-hybridized carbons (Fsp3) is 0.304. The van der Waals surface area contributed by atoms with Crippen LogP contribution in [0, 0.1) is 0 Å². The van der Waals surface area contributed by atoms with E-state index in [4.69, 9.17) is 27.6 Å². The highest BCUT2D eigenvalue weighted by atomic mass is 35.5. The molecular weight excluding hydrogens is 423 g/mol. The Balaban J connectivity index is 1.56. The van der Waals surface area contributed by atoms with Gasteiger partial charge in [-0.15, -0.1) is 0 Å². The predicted molar refractivity (Wildman–Crippen MR) is 119 cm³/mol. The van der Waals surface area contributed by atoms with Crippen LogP contribution in [0.3, 0.4) is 0 Å². The van der Waals surface area contributed by atoms with Gasteiger partial charge in [-0.05, 0) is 55.8 Å². The Morgan fingerprint density at radius 1 is 1.07 bits per heavy atom. The summed E-state index contributed by atoms with van der Waals surface area (Å²) in [6.07, 6.45) is 3.46. The van der Waals surface area contributed by atoms with Gasteiger partial charge in [0.15, 0.2) is 11.2 Å². The largest absolute Gasteiger partial charge is 0.451 e. The maximum atomic E-state index is 12.8. The first-order chi connectivity index (χ1) is 14.5. The molecule has 1 amide bonds. The van der Waals surface area contributed by atoms with E-state index in [1.165, 1.54) is 18.6 Å². The monoisotopic (exact) mass is 444 g/mol. The van der Waals surface area contributed by atoms with Crippen LogP contribution in [-0.2, 0) is 0 Å². The molecule has 0 bridgehead atoms. The van der Waals surface area contributed by atoms with Gasteiger partial charge in [-0.1, -0.05) is 47.8 Å². The molecule has 0 spiro atoms. The molecule has 0 radical (unpaired) electrons. The molecule has 30 heavy (non-hydrogen) atoms. The number of nitrogens with one attached hydrogen (secondary N) is 1. The molecule has 2 heterocycles. The van der Waals surface area contributed by atoms with Gasteiger partial charge in [0, 0.05) is 22.7 Å². The zero-order valence-corrected chi connectivity index (χ0v) is 17.9. The highest BCUT2D eigenvalue weighted by molar-refractivity contribution is 6.31. The summed E-state index contributed by atoms with van der Waals surface area (Å²) in [5.74, 6) is -0.454. The van der Waals surface area contributed by atoms with Crippen molar-refractivity contribution in [1.29, 1.82) is 0 Å². The van der Waals surface area contributed by atoms with Crippen molar-refractivity contribution in [2.75, 3.05) is 19.6 Å². The number of nitrogens with zero attached hydrogens (tertiary/aromatic N) is 1. The highest BCUT2D eigenvalue weighted by Crippen LogP contribution is 2.29. The molecule has 5 nitrogen and oxygen atoms in total. The molecule has 1 aromatic heterocycles. The zero-order valence-electron chi connectivity index (χ0n) is 16.4. The highest BCUT2D eigenvalue weighted by Gasteiger charge is 2.25.